The molecule has 0 aromatic heterocycles. The minimum absolute atomic E-state index is 0.00454. The summed E-state index contributed by atoms with van der Waals surface area (Å²) < 4.78 is 186. The molecule has 5 aliphatic rings. The molecule has 0 atom stereocenters. The highest BCUT2D eigenvalue weighted by atomic mass is 32.2. The molecule has 5 saturated carbocycles. The Bertz CT molecular complexity index is 2520. The Morgan fingerprint density at radius 2 is 0.667 bits per heavy atom. The van der Waals surface area contributed by atoms with Crippen molar-refractivity contribution in [2.24, 2.45) is 29.6 Å². The van der Waals surface area contributed by atoms with Gasteiger partial charge < -0.3 is 14.2 Å². The average molecular weight is 1390 g/mol. The standard InChI is InChI=1S/C11H22O2S.C10H21NO2S.C9H19NO2S.C8H19NO4S.C8H16O2S.C6H15NO3S.C6H13NO2S/c1-10(2)8-14(12,13)9-11-6-4-3-5-7-11;1-9(2)11-14(12,13)8-10-6-4-3-5-7-10;1-8(2)10-13(11,12)7-9-5-3-4-6-9;1-8(2)9-14(10,11)7-6-13-5-4-12-3;1-7(2)6-11(9,10)8-4-3-5-8;1-6(2)7-11(8,9)5-4-10-3;1-5(2)7-10(8,9)6-3-4-6/h10-11H,3-9H2,1-2H3;9-11H,3-8H2,1-2H3;8-10H,3-7H2,1-2H3;8-9H,4-7H2,1-3H3;7-8H,3-6H2,1-2H3;6-7H,4-5H2,1-3H3;5-7H,3-4H2,1-2H3. The van der Waals surface area contributed by atoms with Gasteiger partial charge in [0.05, 0.1) is 77.2 Å². The summed E-state index contributed by atoms with van der Waals surface area (Å²) in [4.78, 5) is 0. The molecule has 0 heterocycles. The molecule has 0 amide bonds. The second-order valence-corrected chi connectivity index (χ2v) is 40.1. The van der Waals surface area contributed by atoms with Crippen LogP contribution in [0.4, 0.5) is 0 Å². The lowest BCUT2D eigenvalue weighted by Crippen LogP contribution is -2.35. The lowest BCUT2D eigenvalue weighted by Gasteiger charge is -2.25. The summed E-state index contributed by atoms with van der Waals surface area (Å²) in [6, 6.07) is -0.0450. The Morgan fingerprint density at radius 3 is 0.977 bits per heavy atom. The maximum atomic E-state index is 11.7. The third-order valence-corrected chi connectivity index (χ3v) is 27.0. The van der Waals surface area contributed by atoms with E-state index in [1.165, 1.54) is 58.5 Å². The Balaban J connectivity index is 0. The van der Waals surface area contributed by atoms with Crippen LogP contribution in [0.5, 0.6) is 0 Å². The second kappa shape index (κ2) is 45.6. The summed E-state index contributed by atoms with van der Waals surface area (Å²) in [5, 5.41) is -0.0835. The van der Waals surface area contributed by atoms with Gasteiger partial charge in [-0.05, 0) is 163 Å². The maximum absolute atomic E-state index is 11.7. The van der Waals surface area contributed by atoms with E-state index in [-0.39, 0.29) is 77.3 Å². The Labute approximate surface area is 533 Å². The van der Waals surface area contributed by atoms with E-state index in [9.17, 15) is 58.9 Å². The molecule has 0 spiro atoms. The van der Waals surface area contributed by atoms with Gasteiger partial charge in [0.2, 0.25) is 50.1 Å². The molecule has 87 heavy (non-hydrogen) atoms. The third-order valence-electron chi connectivity index (χ3n) is 13.5. The van der Waals surface area contributed by atoms with Crippen LogP contribution in [-0.2, 0) is 84.0 Å². The van der Waals surface area contributed by atoms with Crippen molar-refractivity contribution in [3.63, 3.8) is 0 Å². The number of ether oxygens (including phenoxy) is 3. The summed E-state index contributed by atoms with van der Waals surface area (Å²) in [5.41, 5.74) is 0. The Kier molecular flexibility index (Phi) is 46.4. The molecule has 5 rings (SSSR count). The summed E-state index contributed by atoms with van der Waals surface area (Å²) in [6.45, 7) is 27.4. The predicted molar refractivity (Wildman–Crippen MR) is 358 cm³/mol. The fraction of sp³-hybridized carbons (Fsp3) is 1.00. The van der Waals surface area contributed by atoms with Gasteiger partial charge in [0, 0.05) is 44.4 Å². The minimum Gasteiger partial charge on any atom is -0.384 e. The van der Waals surface area contributed by atoms with Crippen LogP contribution in [0, 0.1) is 29.6 Å². The van der Waals surface area contributed by atoms with Gasteiger partial charge in [-0.3, -0.25) is 0 Å². The molecule has 29 heteroatoms. The Morgan fingerprint density at radius 1 is 0.333 bits per heavy atom. The normalized spacial score (nSPS) is 17.9. The number of hydrogen-bond acceptors (Lipinski definition) is 17. The number of hydrogen-bond donors (Lipinski definition) is 5. The highest BCUT2D eigenvalue weighted by Gasteiger charge is 2.36. The quantitative estimate of drug-likeness (QED) is 0.0410. The van der Waals surface area contributed by atoms with E-state index in [4.69, 9.17) is 9.47 Å². The number of methoxy groups -OCH3 is 2. The van der Waals surface area contributed by atoms with E-state index in [2.05, 4.69) is 28.3 Å². The van der Waals surface area contributed by atoms with Gasteiger partial charge in [-0.25, -0.2) is 82.5 Å². The van der Waals surface area contributed by atoms with Crippen LogP contribution in [0.25, 0.3) is 0 Å². The topological polar surface area (TPSA) is 327 Å². The molecular weight excluding hydrogens is 1260 g/mol. The number of rotatable bonds is 31. The van der Waals surface area contributed by atoms with E-state index in [0.29, 0.717) is 59.7 Å². The minimum atomic E-state index is -3.18. The van der Waals surface area contributed by atoms with E-state index in [1.54, 1.807) is 34.8 Å². The monoisotopic (exact) mass is 1390 g/mol. The summed E-state index contributed by atoms with van der Waals surface area (Å²) in [5.74, 6) is 3.63. The lowest BCUT2D eigenvalue weighted by molar-refractivity contribution is 0.0784. The van der Waals surface area contributed by atoms with Gasteiger partial charge >= 0.3 is 0 Å². The van der Waals surface area contributed by atoms with Gasteiger partial charge in [0.15, 0.2) is 19.7 Å². The van der Waals surface area contributed by atoms with Crippen LogP contribution in [0.1, 0.15) is 219 Å². The van der Waals surface area contributed by atoms with Crippen molar-refractivity contribution in [1.82, 2.24) is 23.6 Å². The first-order valence-corrected chi connectivity index (χ1v) is 43.7. The molecule has 5 aliphatic carbocycles. The number of sulfone groups is 2. The first-order chi connectivity index (χ1) is 40.0. The van der Waals surface area contributed by atoms with Crippen LogP contribution >= 0.6 is 0 Å². The Hall–Kier alpha value is -0.670. The third kappa shape index (κ3) is 52.4. The van der Waals surface area contributed by atoms with Gasteiger partial charge in [-0.2, -0.15) is 0 Å². The second-order valence-electron chi connectivity index (χ2n) is 26.3. The molecule has 0 unspecified atom stereocenters. The zero-order valence-electron chi connectivity index (χ0n) is 56.4. The van der Waals surface area contributed by atoms with Gasteiger partial charge in [-0.15, -0.1) is 0 Å². The molecule has 0 saturated heterocycles. The maximum Gasteiger partial charge on any atom is 0.214 e. The smallest absolute Gasteiger partial charge is 0.214 e. The molecule has 0 bridgehead atoms. The van der Waals surface area contributed by atoms with Crippen LogP contribution in [-0.4, -0.2) is 181 Å². The van der Waals surface area contributed by atoms with E-state index < -0.39 is 69.8 Å². The largest absolute Gasteiger partial charge is 0.384 e. The highest BCUT2D eigenvalue weighted by molar-refractivity contribution is 7.92. The summed E-state index contributed by atoms with van der Waals surface area (Å²) >= 11 is 0. The number of sulfonamides is 5. The van der Waals surface area contributed by atoms with Gasteiger partial charge in [0.25, 0.3) is 0 Å². The van der Waals surface area contributed by atoms with E-state index in [1.807, 2.05) is 69.2 Å². The van der Waals surface area contributed by atoms with Crippen molar-refractivity contribution in [2.45, 2.75) is 260 Å². The summed E-state index contributed by atoms with van der Waals surface area (Å²) in [7, 11) is -17.7. The van der Waals surface area contributed by atoms with Crippen molar-refractivity contribution in [3.05, 3.63) is 0 Å². The fourth-order valence-corrected chi connectivity index (χ4v) is 21.8. The van der Waals surface area contributed by atoms with Crippen LogP contribution in [0.3, 0.4) is 0 Å². The van der Waals surface area contributed by atoms with Crippen molar-refractivity contribution >= 4 is 69.8 Å². The zero-order chi connectivity index (χ0) is 67.3. The van der Waals surface area contributed by atoms with Crippen LogP contribution in [0.15, 0.2) is 0 Å². The van der Waals surface area contributed by atoms with Crippen molar-refractivity contribution in [2.75, 3.05) is 80.9 Å². The lowest BCUT2D eigenvalue weighted by atomic mass is 9.91. The van der Waals surface area contributed by atoms with Crippen molar-refractivity contribution in [1.29, 1.82) is 0 Å². The van der Waals surface area contributed by atoms with E-state index in [0.717, 1.165) is 70.6 Å². The zero-order valence-corrected chi connectivity index (χ0v) is 62.2. The predicted octanol–water partition coefficient (Wildman–Crippen LogP) is 8.06. The van der Waals surface area contributed by atoms with Crippen LogP contribution in [0.2, 0.25) is 0 Å². The van der Waals surface area contributed by atoms with Gasteiger partial charge in [0.1, 0.15) is 0 Å². The van der Waals surface area contributed by atoms with Crippen molar-refractivity contribution < 1.29 is 73.1 Å². The molecule has 0 aliphatic heterocycles. The molecule has 0 aromatic carbocycles. The molecule has 22 nitrogen and oxygen atoms in total. The molecule has 5 N–H and O–H groups in total. The molecule has 0 aromatic rings. The SMILES string of the molecule is CC(C)CS(=O)(=O)C1CCC1.CC(C)CS(=O)(=O)CC1CCCCC1.CC(C)NS(=O)(=O)C1CC1.CC(C)NS(=O)(=O)CC1CCCC1.CC(C)NS(=O)(=O)CC1CCCCC1.COCCOCCS(=O)(=O)NC(C)C.COCCS(=O)(=O)NC(C)C. The molecule has 526 valence electrons. The summed E-state index contributed by atoms with van der Waals surface area (Å²) in [6.07, 6.45) is 20.9. The highest BCUT2D eigenvalue weighted by Crippen LogP contribution is 2.29. The van der Waals surface area contributed by atoms with Crippen molar-refractivity contribution in [3.8, 4) is 0 Å². The van der Waals surface area contributed by atoms with Crippen LogP contribution < -0.4 is 23.6 Å². The molecule has 0 radical (unpaired) electrons. The fourth-order valence-electron chi connectivity index (χ4n) is 9.83. The molecular formula is C58H125N5O17S7. The average Bonchev–Trinajstić information content (AvgIpc) is 3.86. The van der Waals surface area contributed by atoms with E-state index >= 15 is 0 Å². The van der Waals surface area contributed by atoms with Gasteiger partial charge in [-0.1, -0.05) is 85.5 Å². The molecule has 5 fully saturated rings. The first-order valence-electron chi connectivity index (χ1n) is 32.0. The first kappa shape index (κ1) is 88.4. The number of nitrogens with one attached hydrogen (secondary N) is 5.